The molecular formula is C24H37N3. The van der Waals surface area contributed by atoms with Gasteiger partial charge in [0.15, 0.2) is 0 Å². The van der Waals surface area contributed by atoms with E-state index in [1.807, 2.05) is 0 Å². The Balaban J connectivity index is 1.48. The van der Waals surface area contributed by atoms with Gasteiger partial charge in [0.2, 0.25) is 0 Å². The quantitative estimate of drug-likeness (QED) is 0.783. The summed E-state index contributed by atoms with van der Waals surface area (Å²) in [5, 5.41) is 7.46. The summed E-state index contributed by atoms with van der Waals surface area (Å²) in [7, 11) is 2.10. The number of hydrogen-bond acceptors (Lipinski definition) is 3. The summed E-state index contributed by atoms with van der Waals surface area (Å²) < 4.78 is 0. The first-order valence-electron chi connectivity index (χ1n) is 11.4. The van der Waals surface area contributed by atoms with Crippen molar-refractivity contribution >= 4 is 0 Å². The minimum absolute atomic E-state index is 0.489. The zero-order chi connectivity index (χ0) is 18.5. The highest BCUT2D eigenvalue weighted by Crippen LogP contribution is 2.62. The second-order valence-electron chi connectivity index (χ2n) is 10.1. The van der Waals surface area contributed by atoms with E-state index in [0.717, 1.165) is 12.6 Å². The fourth-order valence-electron chi connectivity index (χ4n) is 6.32. The molecule has 148 valence electrons. The largest absolute Gasteiger partial charge is 0.381 e. The van der Waals surface area contributed by atoms with Gasteiger partial charge in [-0.3, -0.25) is 4.90 Å². The lowest BCUT2D eigenvalue weighted by molar-refractivity contribution is 0.181. The molecule has 0 radical (unpaired) electrons. The Bertz CT molecular complexity index is 665. The van der Waals surface area contributed by atoms with Gasteiger partial charge < -0.3 is 10.6 Å². The van der Waals surface area contributed by atoms with Crippen LogP contribution in [0.15, 0.2) is 35.6 Å². The van der Waals surface area contributed by atoms with Crippen molar-refractivity contribution in [3.05, 3.63) is 35.6 Å². The zero-order valence-corrected chi connectivity index (χ0v) is 17.3. The Labute approximate surface area is 165 Å². The van der Waals surface area contributed by atoms with E-state index in [1.54, 1.807) is 11.3 Å². The summed E-state index contributed by atoms with van der Waals surface area (Å²) in [6.45, 7) is 5.97. The lowest BCUT2D eigenvalue weighted by atomic mass is 9.80. The third-order valence-electron chi connectivity index (χ3n) is 8.13. The molecule has 3 aliphatic carbocycles. The normalized spacial score (nSPS) is 36.3. The molecule has 27 heavy (non-hydrogen) atoms. The summed E-state index contributed by atoms with van der Waals surface area (Å²) in [5.41, 5.74) is 4.53. The van der Waals surface area contributed by atoms with Gasteiger partial charge in [-0.15, -0.1) is 0 Å². The Morgan fingerprint density at radius 3 is 2.67 bits per heavy atom. The van der Waals surface area contributed by atoms with Crippen molar-refractivity contribution in [2.45, 2.75) is 64.3 Å². The van der Waals surface area contributed by atoms with Crippen LogP contribution in [0.5, 0.6) is 0 Å². The van der Waals surface area contributed by atoms with Crippen LogP contribution in [-0.2, 0) is 0 Å². The van der Waals surface area contributed by atoms with Crippen molar-refractivity contribution in [2.24, 2.45) is 22.7 Å². The van der Waals surface area contributed by atoms with Crippen LogP contribution in [0, 0.1) is 22.7 Å². The number of allylic oxidation sites excluding steroid dienone is 3. The molecule has 3 heteroatoms. The molecule has 2 aliphatic heterocycles. The van der Waals surface area contributed by atoms with Crippen molar-refractivity contribution in [3.8, 4) is 0 Å². The molecule has 5 rings (SSSR count). The van der Waals surface area contributed by atoms with Crippen LogP contribution in [0.3, 0.4) is 0 Å². The Morgan fingerprint density at radius 1 is 1.15 bits per heavy atom. The van der Waals surface area contributed by atoms with E-state index in [-0.39, 0.29) is 0 Å². The van der Waals surface area contributed by atoms with Crippen molar-refractivity contribution in [1.29, 1.82) is 0 Å². The molecule has 3 nitrogen and oxygen atoms in total. The molecule has 0 amide bonds. The van der Waals surface area contributed by atoms with Crippen molar-refractivity contribution < 1.29 is 0 Å². The highest BCUT2D eigenvalue weighted by atomic mass is 15.2. The topological polar surface area (TPSA) is 27.3 Å². The van der Waals surface area contributed by atoms with Crippen LogP contribution in [0.2, 0.25) is 0 Å². The summed E-state index contributed by atoms with van der Waals surface area (Å²) >= 11 is 0. The predicted molar refractivity (Wildman–Crippen MR) is 112 cm³/mol. The zero-order valence-electron chi connectivity index (χ0n) is 17.3. The third-order valence-corrected chi connectivity index (χ3v) is 8.13. The maximum atomic E-state index is 4.02. The first-order chi connectivity index (χ1) is 13.2. The summed E-state index contributed by atoms with van der Waals surface area (Å²) in [6.07, 6.45) is 20.6. The molecule has 0 bridgehead atoms. The third kappa shape index (κ3) is 3.31. The number of hydrogen-bond donors (Lipinski definition) is 2. The molecule has 2 saturated carbocycles. The minimum atomic E-state index is 0.489. The second-order valence-corrected chi connectivity index (χ2v) is 10.1. The number of nitrogens with one attached hydrogen (secondary N) is 2. The van der Waals surface area contributed by atoms with Crippen LogP contribution in [0.4, 0.5) is 0 Å². The maximum Gasteiger partial charge on any atom is 0.0545 e. The predicted octanol–water partition coefficient (Wildman–Crippen LogP) is 4.20. The molecule has 2 heterocycles. The Hall–Kier alpha value is -1.06. The smallest absolute Gasteiger partial charge is 0.0545 e. The maximum absolute atomic E-state index is 4.02. The van der Waals surface area contributed by atoms with Gasteiger partial charge >= 0.3 is 0 Å². The van der Waals surface area contributed by atoms with Crippen LogP contribution in [-0.4, -0.2) is 37.7 Å². The number of fused-ring (bicyclic) bond motifs is 3. The average Bonchev–Trinajstić information content (AvgIpc) is 3.58. The highest BCUT2D eigenvalue weighted by Gasteiger charge is 2.54. The standard InChI is InChI=1S/C24H37N3/c1-3-18-14-23(9-10-23)16-27(17-25-2)13-8-20-19-6-4-5-7-21(19)26-22(20)24(15-18)11-12-24/h4-7,18-19,21,25-26H,3,8-17H2,1-2H3. The number of rotatable bonds is 3. The Morgan fingerprint density at radius 2 is 1.96 bits per heavy atom. The molecule has 0 saturated heterocycles. The number of nitrogens with zero attached hydrogens (tertiary/aromatic N) is 1. The van der Waals surface area contributed by atoms with Gasteiger partial charge in [-0.25, -0.2) is 0 Å². The van der Waals surface area contributed by atoms with Crippen molar-refractivity contribution in [3.63, 3.8) is 0 Å². The van der Waals surface area contributed by atoms with Crippen molar-refractivity contribution in [2.75, 3.05) is 26.8 Å². The van der Waals surface area contributed by atoms with E-state index in [2.05, 4.69) is 53.8 Å². The van der Waals surface area contributed by atoms with Crippen LogP contribution in [0.1, 0.15) is 58.3 Å². The van der Waals surface area contributed by atoms with Crippen LogP contribution >= 0.6 is 0 Å². The first kappa shape index (κ1) is 18.0. The van der Waals surface area contributed by atoms with Gasteiger partial charge in [0, 0.05) is 36.8 Å². The second kappa shape index (κ2) is 6.77. The van der Waals surface area contributed by atoms with Gasteiger partial charge in [0.25, 0.3) is 0 Å². The molecule has 2 spiro atoms. The molecule has 2 fully saturated rings. The van der Waals surface area contributed by atoms with Gasteiger partial charge in [-0.1, -0.05) is 37.6 Å². The minimum Gasteiger partial charge on any atom is -0.381 e. The van der Waals surface area contributed by atoms with Crippen LogP contribution < -0.4 is 10.6 Å². The highest BCUT2D eigenvalue weighted by molar-refractivity contribution is 5.41. The summed E-state index contributed by atoms with van der Waals surface area (Å²) in [6, 6.07) is 0.507. The molecule has 0 aromatic rings. The van der Waals surface area contributed by atoms with Gasteiger partial charge in [0.1, 0.15) is 0 Å². The molecule has 3 unspecified atom stereocenters. The monoisotopic (exact) mass is 367 g/mol. The molecule has 2 N–H and O–H groups in total. The fourth-order valence-corrected chi connectivity index (χ4v) is 6.32. The van der Waals surface area contributed by atoms with E-state index in [1.165, 1.54) is 64.5 Å². The first-order valence-corrected chi connectivity index (χ1v) is 11.4. The van der Waals surface area contributed by atoms with Crippen LogP contribution in [0.25, 0.3) is 0 Å². The average molecular weight is 368 g/mol. The summed E-state index contributed by atoms with van der Waals surface area (Å²) in [4.78, 5) is 2.71. The molecule has 0 aromatic carbocycles. The molecule has 3 atom stereocenters. The van der Waals surface area contributed by atoms with E-state index in [0.29, 0.717) is 22.8 Å². The molecule has 5 aliphatic rings. The van der Waals surface area contributed by atoms with Crippen molar-refractivity contribution in [1.82, 2.24) is 15.5 Å². The van der Waals surface area contributed by atoms with E-state index < -0.39 is 0 Å². The molecular weight excluding hydrogens is 330 g/mol. The fraction of sp³-hybridized carbons (Fsp3) is 0.750. The Kier molecular flexibility index (Phi) is 4.52. The van der Waals surface area contributed by atoms with Gasteiger partial charge in [0.05, 0.1) is 6.04 Å². The lowest BCUT2D eigenvalue weighted by Crippen LogP contribution is -2.38. The van der Waals surface area contributed by atoms with E-state index in [4.69, 9.17) is 0 Å². The SMILES string of the molecule is CCC1CC2(CC2)CN(CNC)CCC2=C(NC3C=CC=CC23)C2(CC2)C1. The molecule has 0 aromatic heterocycles. The lowest BCUT2D eigenvalue weighted by Gasteiger charge is -2.31. The van der Waals surface area contributed by atoms with Gasteiger partial charge in [-0.2, -0.15) is 0 Å². The van der Waals surface area contributed by atoms with Gasteiger partial charge in [-0.05, 0) is 68.9 Å². The van der Waals surface area contributed by atoms with E-state index >= 15 is 0 Å². The summed E-state index contributed by atoms with van der Waals surface area (Å²) in [5.74, 6) is 1.49. The van der Waals surface area contributed by atoms with E-state index in [9.17, 15) is 0 Å².